The molecule has 4 aromatic rings. The Bertz CT molecular complexity index is 2090. The van der Waals surface area contributed by atoms with Gasteiger partial charge in [0.2, 0.25) is 11.8 Å². The molecule has 9 nitrogen and oxygen atoms in total. The second kappa shape index (κ2) is 16.9. The van der Waals surface area contributed by atoms with Gasteiger partial charge in [0, 0.05) is 35.7 Å². The third-order valence-corrected chi connectivity index (χ3v) is 11.6. The van der Waals surface area contributed by atoms with E-state index in [9.17, 15) is 14.4 Å². The monoisotopic (exact) mass is 781 g/mol. The van der Waals surface area contributed by atoms with Crippen molar-refractivity contribution >= 4 is 17.7 Å². The van der Waals surface area contributed by atoms with Crippen molar-refractivity contribution in [2.24, 2.45) is 5.92 Å². The first-order valence-corrected chi connectivity index (χ1v) is 20.0. The second-order valence-corrected chi connectivity index (χ2v) is 15.5. The van der Waals surface area contributed by atoms with Gasteiger partial charge in [-0.1, -0.05) is 74.2 Å². The fraction of sp³-hybridized carbons (Fsp3) is 0.400. The number of rotatable bonds is 10. The van der Waals surface area contributed by atoms with Gasteiger partial charge in [0.15, 0.2) is 17.4 Å². The maximum Gasteiger partial charge on any atom is 0.254 e. The van der Waals surface area contributed by atoms with E-state index >= 15 is 13.2 Å². The Morgan fingerprint density at radius 3 is 2.25 bits per heavy atom. The van der Waals surface area contributed by atoms with Crippen molar-refractivity contribution < 1.29 is 41.8 Å². The summed E-state index contributed by atoms with van der Waals surface area (Å²) in [4.78, 5) is 44.4. The van der Waals surface area contributed by atoms with Crippen molar-refractivity contribution in [3.63, 3.8) is 0 Å². The Labute approximate surface area is 330 Å². The van der Waals surface area contributed by atoms with Crippen LogP contribution in [0.4, 0.5) is 13.2 Å². The molecule has 3 amide bonds. The number of nitrogens with zero attached hydrogens (tertiary/aromatic N) is 2. The summed E-state index contributed by atoms with van der Waals surface area (Å²) in [7, 11) is 0. The van der Waals surface area contributed by atoms with Crippen molar-refractivity contribution in [2.75, 3.05) is 19.7 Å². The van der Waals surface area contributed by atoms with Gasteiger partial charge in [0.05, 0.1) is 19.2 Å². The molecular formula is C45H46F3N3O6. The van der Waals surface area contributed by atoms with Crippen LogP contribution >= 0.6 is 0 Å². The van der Waals surface area contributed by atoms with Gasteiger partial charge in [-0.3, -0.25) is 14.4 Å². The zero-order chi connectivity index (χ0) is 39.5. The van der Waals surface area contributed by atoms with Gasteiger partial charge < -0.3 is 29.3 Å². The summed E-state index contributed by atoms with van der Waals surface area (Å²) < 4.78 is 63.3. The number of ether oxygens (including phenoxy) is 3. The topological polar surface area (TPSA) is 97.4 Å². The summed E-state index contributed by atoms with van der Waals surface area (Å²) in [5.41, 5.74) is 1.81. The lowest BCUT2D eigenvalue weighted by Gasteiger charge is -2.33. The third kappa shape index (κ3) is 8.31. The average molecular weight is 782 g/mol. The molecule has 1 N–H and O–H groups in total. The van der Waals surface area contributed by atoms with E-state index in [1.165, 1.54) is 30.6 Å². The van der Waals surface area contributed by atoms with E-state index in [0.717, 1.165) is 41.0 Å². The number of amides is 3. The molecule has 57 heavy (non-hydrogen) atoms. The predicted octanol–water partition coefficient (Wildman–Crippen LogP) is 8.45. The minimum atomic E-state index is -1.54. The number of carbonyl (C=O) groups is 3. The summed E-state index contributed by atoms with van der Waals surface area (Å²) in [6.07, 6.45) is 6.34. The van der Waals surface area contributed by atoms with Crippen LogP contribution in [0.1, 0.15) is 90.9 Å². The summed E-state index contributed by atoms with van der Waals surface area (Å²) in [6, 6.07) is 20.8. The molecule has 1 aliphatic carbocycles. The lowest BCUT2D eigenvalue weighted by atomic mass is 9.94. The molecule has 1 saturated carbocycles. The molecule has 4 aliphatic rings. The van der Waals surface area contributed by atoms with Crippen LogP contribution in [-0.2, 0) is 16.2 Å². The molecule has 0 radical (unpaired) electrons. The van der Waals surface area contributed by atoms with Crippen molar-refractivity contribution in [3.05, 3.63) is 119 Å². The molecule has 12 heteroatoms. The minimum Gasteiger partial charge on any atom is -0.493 e. The molecule has 4 aromatic carbocycles. The maximum atomic E-state index is 15.2. The molecule has 0 aromatic heterocycles. The molecule has 0 spiro atoms. The number of fused-ring (bicyclic) bond motifs is 2. The van der Waals surface area contributed by atoms with Crippen LogP contribution in [0.3, 0.4) is 0 Å². The molecule has 4 unspecified atom stereocenters. The van der Waals surface area contributed by atoms with Gasteiger partial charge in [0.25, 0.3) is 5.91 Å². The van der Waals surface area contributed by atoms with E-state index in [1.54, 1.807) is 30.3 Å². The Hall–Kier alpha value is -5.52. The van der Waals surface area contributed by atoms with Crippen LogP contribution in [-0.4, -0.2) is 65.5 Å². The number of likely N-dealkylation sites (tertiary alicyclic amines) is 2. The fourth-order valence-electron chi connectivity index (χ4n) is 8.62. The molecular weight excluding hydrogens is 736 g/mol. The highest BCUT2D eigenvalue weighted by molar-refractivity contribution is 5.99. The number of carbonyl (C=O) groups excluding carboxylic acids is 3. The molecule has 3 aliphatic heterocycles. The van der Waals surface area contributed by atoms with E-state index < -0.39 is 65.9 Å². The van der Waals surface area contributed by atoms with E-state index in [-0.39, 0.29) is 25.1 Å². The van der Waals surface area contributed by atoms with Crippen LogP contribution < -0.4 is 19.5 Å². The zero-order valence-corrected chi connectivity index (χ0v) is 31.6. The molecule has 8 rings (SSSR count). The van der Waals surface area contributed by atoms with Crippen molar-refractivity contribution in [1.29, 1.82) is 0 Å². The predicted molar refractivity (Wildman–Crippen MR) is 206 cm³/mol. The molecule has 3 heterocycles. The smallest absolute Gasteiger partial charge is 0.254 e. The molecule has 3 fully saturated rings. The van der Waals surface area contributed by atoms with Gasteiger partial charge in [-0.15, -0.1) is 0 Å². The number of hydrogen-bond donors (Lipinski definition) is 1. The van der Waals surface area contributed by atoms with Gasteiger partial charge in [-0.05, 0) is 67.5 Å². The van der Waals surface area contributed by atoms with Crippen LogP contribution in [0.2, 0.25) is 0 Å². The first kappa shape index (κ1) is 38.4. The zero-order valence-electron chi connectivity index (χ0n) is 31.6. The third-order valence-electron chi connectivity index (χ3n) is 11.6. The minimum absolute atomic E-state index is 0.0947. The molecule has 298 valence electrons. The summed E-state index contributed by atoms with van der Waals surface area (Å²) >= 11 is 0. The molecule has 2 saturated heterocycles. The Balaban J connectivity index is 0.964. The van der Waals surface area contributed by atoms with Crippen molar-refractivity contribution in [3.8, 4) is 23.0 Å². The van der Waals surface area contributed by atoms with Crippen LogP contribution in [0.5, 0.6) is 23.0 Å². The maximum absolute atomic E-state index is 15.2. The van der Waals surface area contributed by atoms with E-state index in [2.05, 4.69) is 5.32 Å². The summed E-state index contributed by atoms with van der Waals surface area (Å²) in [5, 5.41) is 3.16. The van der Waals surface area contributed by atoms with Crippen molar-refractivity contribution in [2.45, 2.75) is 88.7 Å². The quantitative estimate of drug-likeness (QED) is 0.162. The number of halogens is 3. The summed E-state index contributed by atoms with van der Waals surface area (Å²) in [6.45, 7) is 0.338. The number of alkyl halides is 1. The first-order chi connectivity index (χ1) is 27.7. The first-order valence-electron chi connectivity index (χ1n) is 20.0. The number of para-hydroxylation sites is 1. The average Bonchev–Trinajstić information content (AvgIpc) is 3.79. The molecule has 0 bridgehead atoms. The van der Waals surface area contributed by atoms with Crippen LogP contribution in [0, 0.1) is 17.6 Å². The van der Waals surface area contributed by atoms with Gasteiger partial charge in [-0.2, -0.15) is 0 Å². The largest absolute Gasteiger partial charge is 0.493 e. The van der Waals surface area contributed by atoms with Gasteiger partial charge in [0.1, 0.15) is 42.1 Å². The normalized spacial score (nSPS) is 21.9. The standard InChI is InChI=1S/C45H46F3N3O6/c46-31-23-38(51(25-31)44(53)30-21-35(47)42(36(48)22-30)56-27-29-13-6-3-7-14-29)45(54)50-20-10-16-37(50)43(52)49-41-33-15-8-9-17-39(33)57-40-24-32(18-19-34(40)41)55-26-28-11-4-1-2-5-12-28/h3,6-9,13-15,17-19,21-22,24,28,31,37-38,41H,1-2,4-5,10-12,16,20,23,25-27H2,(H,49,52). The highest BCUT2D eigenvalue weighted by atomic mass is 19.1. The lowest BCUT2D eigenvalue weighted by Crippen LogP contribution is -2.53. The number of nitrogens with one attached hydrogen (secondary N) is 1. The van der Waals surface area contributed by atoms with Crippen molar-refractivity contribution in [1.82, 2.24) is 15.1 Å². The van der Waals surface area contributed by atoms with Gasteiger partial charge >= 0.3 is 0 Å². The van der Waals surface area contributed by atoms with E-state index in [1.807, 2.05) is 42.5 Å². The van der Waals surface area contributed by atoms with E-state index in [4.69, 9.17) is 14.2 Å². The SMILES string of the molecule is O=C(NC1c2ccccc2Oc2cc(OCC3CCCCCC3)ccc21)C1CCCN1C(=O)C1CC(F)CN1C(=O)c1cc(F)c(OCc2ccccc2)c(F)c1. The molecule has 4 atom stereocenters. The number of hydrogen-bond acceptors (Lipinski definition) is 6. The second-order valence-electron chi connectivity index (χ2n) is 15.5. The Morgan fingerprint density at radius 1 is 0.754 bits per heavy atom. The van der Waals surface area contributed by atoms with Crippen LogP contribution in [0.15, 0.2) is 84.9 Å². The highest BCUT2D eigenvalue weighted by Gasteiger charge is 2.46. The Morgan fingerprint density at radius 2 is 1.47 bits per heavy atom. The highest BCUT2D eigenvalue weighted by Crippen LogP contribution is 2.44. The summed E-state index contributed by atoms with van der Waals surface area (Å²) in [5.74, 6) is -2.36. The van der Waals surface area contributed by atoms with Crippen LogP contribution in [0.25, 0.3) is 0 Å². The van der Waals surface area contributed by atoms with Gasteiger partial charge in [-0.25, -0.2) is 13.2 Å². The van der Waals surface area contributed by atoms with E-state index in [0.29, 0.717) is 48.2 Å². The number of benzene rings is 4. The fourth-order valence-corrected chi connectivity index (χ4v) is 8.62. The lowest BCUT2D eigenvalue weighted by molar-refractivity contribution is -0.141. The Kier molecular flexibility index (Phi) is 11.4.